The molecule has 386 valence electrons. The van der Waals surface area contributed by atoms with E-state index >= 15 is 0 Å². The van der Waals surface area contributed by atoms with Crippen LogP contribution < -0.4 is 5.32 Å². The second kappa shape index (κ2) is 44.8. The van der Waals surface area contributed by atoms with Crippen molar-refractivity contribution in [2.45, 2.75) is 284 Å². The van der Waals surface area contributed by atoms with Gasteiger partial charge in [-0.05, 0) is 144 Å². The van der Waals surface area contributed by atoms with Gasteiger partial charge in [-0.25, -0.2) is 0 Å². The molecule has 66 heavy (non-hydrogen) atoms. The fraction of sp³-hybridized carbons (Fsp3) is 0.860. The van der Waals surface area contributed by atoms with Crippen molar-refractivity contribution < 1.29 is 28.7 Å². The number of amides is 2. The topological polar surface area (TPSA) is 105 Å². The number of ether oxygens (including phenoxy) is 2. The maximum Gasteiger partial charge on any atom is 0.306 e. The van der Waals surface area contributed by atoms with Gasteiger partial charge in [-0.1, -0.05) is 148 Å². The quantitative estimate of drug-likeness (QED) is 0.0368. The first-order valence-corrected chi connectivity index (χ1v) is 27.8. The number of hydrogen-bond donors (Lipinski definition) is 1. The summed E-state index contributed by atoms with van der Waals surface area (Å²) in [6.07, 6.45) is 44.2. The third-order valence-electron chi connectivity index (χ3n) is 12.3. The minimum atomic E-state index is -0.589. The number of rotatable bonds is 46. The fourth-order valence-corrected chi connectivity index (χ4v) is 8.35. The highest BCUT2D eigenvalue weighted by atomic mass is 16.5. The first-order chi connectivity index (χ1) is 31.8. The zero-order valence-corrected chi connectivity index (χ0v) is 44.7. The van der Waals surface area contributed by atoms with Crippen molar-refractivity contribution in [2.75, 3.05) is 33.8 Å². The molecule has 0 saturated carbocycles. The van der Waals surface area contributed by atoms with E-state index in [2.05, 4.69) is 55.3 Å². The monoisotopic (exact) mass is 930 g/mol. The Morgan fingerprint density at radius 2 is 0.985 bits per heavy atom. The van der Waals surface area contributed by atoms with Crippen molar-refractivity contribution in [3.63, 3.8) is 0 Å². The van der Waals surface area contributed by atoms with Gasteiger partial charge < -0.3 is 24.6 Å². The first kappa shape index (κ1) is 63.3. The van der Waals surface area contributed by atoms with Gasteiger partial charge in [-0.3, -0.25) is 19.2 Å². The molecule has 0 saturated heterocycles. The van der Waals surface area contributed by atoms with E-state index in [4.69, 9.17) is 9.47 Å². The summed E-state index contributed by atoms with van der Waals surface area (Å²) in [6.45, 7) is 14.3. The normalized spacial score (nSPS) is 12.5. The molecule has 0 aliphatic carbocycles. The Hall–Kier alpha value is -2.68. The molecule has 0 bridgehead atoms. The van der Waals surface area contributed by atoms with E-state index in [-0.39, 0.29) is 36.3 Å². The molecular formula is C57H107N3O6. The van der Waals surface area contributed by atoms with Gasteiger partial charge in [0.05, 0.1) is 6.61 Å². The highest BCUT2D eigenvalue weighted by molar-refractivity contribution is 5.88. The fourth-order valence-electron chi connectivity index (χ4n) is 8.35. The van der Waals surface area contributed by atoms with Gasteiger partial charge in [0.25, 0.3) is 0 Å². The van der Waals surface area contributed by atoms with Crippen LogP contribution in [-0.2, 0) is 28.7 Å². The molecule has 0 heterocycles. The molecule has 9 heteroatoms. The van der Waals surface area contributed by atoms with E-state index in [1.165, 1.54) is 103 Å². The SMILES string of the molecule is CCCCC/C=C\C/C=C\CCCCCCCC(=O)OCCCCCC(C(=O)NC(C)(C)C)N(CCCN(C)C)C(=O)CCCCC(=O)OC(CCCCCCCC)CCCCCCCC. The maximum atomic E-state index is 14.0. The Bertz CT molecular complexity index is 1210. The molecule has 9 nitrogen and oxygen atoms in total. The maximum absolute atomic E-state index is 14.0. The average molecular weight is 930 g/mol. The zero-order chi connectivity index (χ0) is 48.9. The number of unbranched alkanes of at least 4 members (excludes halogenated alkanes) is 21. The first-order valence-electron chi connectivity index (χ1n) is 27.8. The second-order valence-electron chi connectivity index (χ2n) is 20.5. The van der Waals surface area contributed by atoms with Crippen molar-refractivity contribution in [1.29, 1.82) is 0 Å². The summed E-state index contributed by atoms with van der Waals surface area (Å²) in [7, 11) is 4.04. The summed E-state index contributed by atoms with van der Waals surface area (Å²) in [6, 6.07) is -0.589. The van der Waals surface area contributed by atoms with Gasteiger partial charge in [-0.2, -0.15) is 0 Å². The van der Waals surface area contributed by atoms with Crippen LogP contribution in [0.1, 0.15) is 266 Å². The summed E-state index contributed by atoms with van der Waals surface area (Å²) < 4.78 is 11.6. The van der Waals surface area contributed by atoms with Gasteiger partial charge in [0.1, 0.15) is 12.1 Å². The molecule has 0 spiro atoms. The molecule has 0 aliphatic heterocycles. The van der Waals surface area contributed by atoms with E-state index in [1.807, 2.05) is 34.9 Å². The van der Waals surface area contributed by atoms with E-state index < -0.39 is 11.6 Å². The lowest BCUT2D eigenvalue weighted by molar-refractivity contribution is -0.150. The van der Waals surface area contributed by atoms with Crippen LogP contribution in [0.25, 0.3) is 0 Å². The molecule has 0 radical (unpaired) electrons. The Morgan fingerprint density at radius 1 is 0.515 bits per heavy atom. The van der Waals surface area contributed by atoms with Gasteiger partial charge >= 0.3 is 11.9 Å². The highest BCUT2D eigenvalue weighted by Gasteiger charge is 2.31. The number of carbonyl (C=O) groups excluding carboxylic acids is 4. The number of nitrogens with zero attached hydrogens (tertiary/aromatic N) is 2. The van der Waals surface area contributed by atoms with Crippen LogP contribution in [0.4, 0.5) is 0 Å². The van der Waals surface area contributed by atoms with E-state index in [0.717, 1.165) is 90.0 Å². The average Bonchev–Trinajstić information content (AvgIpc) is 3.26. The van der Waals surface area contributed by atoms with Gasteiger partial charge in [0.15, 0.2) is 0 Å². The van der Waals surface area contributed by atoms with Crippen molar-refractivity contribution in [1.82, 2.24) is 15.1 Å². The Labute approximate surface area is 408 Å². The third kappa shape index (κ3) is 41.5. The molecule has 1 N–H and O–H groups in total. The summed E-state index contributed by atoms with van der Waals surface area (Å²) in [4.78, 5) is 57.3. The number of nitrogens with one attached hydrogen (secondary N) is 1. The molecule has 0 aromatic rings. The lowest BCUT2D eigenvalue weighted by atomic mass is 10.0. The predicted molar refractivity (Wildman–Crippen MR) is 280 cm³/mol. The molecule has 0 rings (SSSR count). The van der Waals surface area contributed by atoms with Crippen molar-refractivity contribution in [2.24, 2.45) is 0 Å². The highest BCUT2D eigenvalue weighted by Crippen LogP contribution is 2.20. The van der Waals surface area contributed by atoms with Crippen LogP contribution >= 0.6 is 0 Å². The largest absolute Gasteiger partial charge is 0.466 e. The lowest BCUT2D eigenvalue weighted by Gasteiger charge is -2.34. The summed E-state index contributed by atoms with van der Waals surface area (Å²) in [5.41, 5.74) is -0.438. The van der Waals surface area contributed by atoms with Crippen molar-refractivity contribution in [3.05, 3.63) is 24.3 Å². The summed E-state index contributed by atoms with van der Waals surface area (Å²) in [5.74, 6) is -0.450. The van der Waals surface area contributed by atoms with E-state index in [9.17, 15) is 19.2 Å². The van der Waals surface area contributed by atoms with Crippen LogP contribution in [-0.4, -0.2) is 85.0 Å². The van der Waals surface area contributed by atoms with Crippen LogP contribution in [0.5, 0.6) is 0 Å². The van der Waals surface area contributed by atoms with Gasteiger partial charge in [0.2, 0.25) is 11.8 Å². The number of carbonyl (C=O) groups is 4. The van der Waals surface area contributed by atoms with Crippen LogP contribution in [0.3, 0.4) is 0 Å². The predicted octanol–water partition coefficient (Wildman–Crippen LogP) is 14.9. The molecule has 0 aromatic carbocycles. The molecule has 0 aliphatic rings. The standard InChI is InChI=1S/C57H107N3O6/c1-9-12-15-18-21-22-23-24-25-26-27-28-29-32-37-46-54(62)65-50-40-33-36-44-52(56(64)58-57(4,5)6)60(49-41-48-59(7)8)53(61)45-38-39-47-55(63)66-51(42-34-30-19-16-13-10-2)43-35-31-20-17-14-11-3/h21-22,24-25,51-52H,9-20,23,26-50H2,1-8H3,(H,58,64)/b22-21-,25-24-. The second-order valence-corrected chi connectivity index (χ2v) is 20.5. The molecule has 1 unspecified atom stereocenters. The molecular weight excluding hydrogens is 823 g/mol. The Kier molecular flexibility index (Phi) is 43.0. The smallest absolute Gasteiger partial charge is 0.306 e. The summed E-state index contributed by atoms with van der Waals surface area (Å²) in [5, 5.41) is 3.15. The van der Waals surface area contributed by atoms with E-state index in [1.54, 1.807) is 4.90 Å². The lowest BCUT2D eigenvalue weighted by Crippen LogP contribution is -2.54. The van der Waals surface area contributed by atoms with Gasteiger partial charge in [0, 0.05) is 31.3 Å². The summed E-state index contributed by atoms with van der Waals surface area (Å²) >= 11 is 0. The molecule has 0 fully saturated rings. The number of allylic oxidation sites excluding steroid dienone is 4. The van der Waals surface area contributed by atoms with Crippen LogP contribution in [0, 0.1) is 0 Å². The minimum absolute atomic E-state index is 0.0153. The number of esters is 2. The van der Waals surface area contributed by atoms with Crippen LogP contribution in [0.15, 0.2) is 24.3 Å². The molecule has 2 amide bonds. The Balaban J connectivity index is 4.99. The zero-order valence-electron chi connectivity index (χ0n) is 44.7. The van der Waals surface area contributed by atoms with Crippen LogP contribution in [0.2, 0.25) is 0 Å². The van der Waals surface area contributed by atoms with Gasteiger partial charge in [-0.15, -0.1) is 0 Å². The molecule has 1 atom stereocenters. The Morgan fingerprint density at radius 3 is 1.58 bits per heavy atom. The van der Waals surface area contributed by atoms with Crippen molar-refractivity contribution >= 4 is 23.8 Å². The minimum Gasteiger partial charge on any atom is -0.466 e. The molecule has 0 aromatic heterocycles. The van der Waals surface area contributed by atoms with E-state index in [0.29, 0.717) is 45.3 Å². The third-order valence-corrected chi connectivity index (χ3v) is 12.3. The number of hydrogen-bond acceptors (Lipinski definition) is 7. The van der Waals surface area contributed by atoms with Crippen molar-refractivity contribution in [3.8, 4) is 0 Å².